The smallest absolute Gasteiger partial charge is 0.190 e. The zero-order valence-electron chi connectivity index (χ0n) is 15.7. The second-order valence-corrected chi connectivity index (χ2v) is 9.54. The van der Waals surface area contributed by atoms with E-state index in [0.717, 1.165) is 26.8 Å². The summed E-state index contributed by atoms with van der Waals surface area (Å²) in [5, 5.41) is 9.70. The summed E-state index contributed by atoms with van der Waals surface area (Å²) in [4.78, 5) is 0. The molecule has 2 aliphatic heterocycles. The van der Waals surface area contributed by atoms with E-state index in [-0.39, 0.29) is 12.3 Å². The number of ether oxygens (including phenoxy) is 1. The van der Waals surface area contributed by atoms with Crippen LogP contribution in [0.2, 0.25) is 0 Å². The number of fused-ring (bicyclic) bond motifs is 4. The molecule has 28 heavy (non-hydrogen) atoms. The topological polar surface area (TPSA) is 24.8 Å². The lowest BCUT2D eigenvalue weighted by atomic mass is 9.94. The maximum Gasteiger partial charge on any atom is 0.190 e. The molecular weight excluding hydrogens is 480 g/mol. The standard InChI is InChI=1S/C23H20Br2N2O/c1-13(2)23-27-21(18-10-17(24)11-19(25)22(18)28-23)12-20(26-27)16-8-7-14-5-3-4-6-15(14)9-16/h3-11,13,21,23H,12H2,1-2H3/t21-,23+/m0/s1. The van der Waals surface area contributed by atoms with Crippen molar-refractivity contribution in [3.8, 4) is 5.75 Å². The molecule has 2 heterocycles. The van der Waals surface area contributed by atoms with Crippen LogP contribution in [0.25, 0.3) is 10.8 Å². The maximum absolute atomic E-state index is 6.40. The van der Waals surface area contributed by atoms with Crippen LogP contribution in [-0.2, 0) is 0 Å². The summed E-state index contributed by atoms with van der Waals surface area (Å²) < 4.78 is 8.43. The van der Waals surface area contributed by atoms with Crippen LogP contribution in [0.4, 0.5) is 0 Å². The summed E-state index contributed by atoms with van der Waals surface area (Å²) in [7, 11) is 0. The van der Waals surface area contributed by atoms with Gasteiger partial charge in [-0.25, -0.2) is 5.01 Å². The van der Waals surface area contributed by atoms with Crippen molar-refractivity contribution in [2.75, 3.05) is 0 Å². The first-order chi connectivity index (χ1) is 13.5. The Labute approximate surface area is 181 Å². The monoisotopic (exact) mass is 498 g/mol. The van der Waals surface area contributed by atoms with Gasteiger partial charge in [0.05, 0.1) is 16.2 Å². The predicted molar refractivity (Wildman–Crippen MR) is 121 cm³/mol. The summed E-state index contributed by atoms with van der Waals surface area (Å²) in [6, 6.07) is 19.5. The highest BCUT2D eigenvalue weighted by molar-refractivity contribution is 9.11. The van der Waals surface area contributed by atoms with E-state index in [9.17, 15) is 0 Å². The van der Waals surface area contributed by atoms with Gasteiger partial charge in [-0.3, -0.25) is 0 Å². The summed E-state index contributed by atoms with van der Waals surface area (Å²) >= 11 is 7.31. The van der Waals surface area contributed by atoms with E-state index in [0.29, 0.717) is 5.92 Å². The maximum atomic E-state index is 6.40. The third kappa shape index (κ3) is 2.96. The van der Waals surface area contributed by atoms with E-state index in [4.69, 9.17) is 9.84 Å². The first-order valence-electron chi connectivity index (χ1n) is 9.52. The Morgan fingerprint density at radius 3 is 2.61 bits per heavy atom. The van der Waals surface area contributed by atoms with Gasteiger partial charge in [-0.15, -0.1) is 0 Å². The number of benzene rings is 3. The fourth-order valence-corrected chi connectivity index (χ4v) is 5.48. The lowest BCUT2D eigenvalue weighted by Crippen LogP contribution is -2.43. The van der Waals surface area contributed by atoms with Crippen LogP contribution in [0.1, 0.15) is 37.4 Å². The van der Waals surface area contributed by atoms with Gasteiger partial charge < -0.3 is 4.74 Å². The quantitative estimate of drug-likeness (QED) is 0.383. The van der Waals surface area contributed by atoms with Gasteiger partial charge in [0.1, 0.15) is 5.75 Å². The summed E-state index contributed by atoms with van der Waals surface area (Å²) in [5.74, 6) is 1.27. The number of rotatable bonds is 2. The van der Waals surface area contributed by atoms with Gasteiger partial charge in [0.15, 0.2) is 6.23 Å². The van der Waals surface area contributed by atoms with Gasteiger partial charge in [0, 0.05) is 22.4 Å². The van der Waals surface area contributed by atoms with Crippen molar-refractivity contribution in [2.24, 2.45) is 11.0 Å². The largest absolute Gasteiger partial charge is 0.467 e. The van der Waals surface area contributed by atoms with Gasteiger partial charge in [0.2, 0.25) is 0 Å². The van der Waals surface area contributed by atoms with E-state index in [1.807, 2.05) is 6.07 Å². The number of hydrazone groups is 1. The highest BCUT2D eigenvalue weighted by Crippen LogP contribution is 2.48. The normalized spacial score (nSPS) is 20.8. The molecule has 2 atom stereocenters. The van der Waals surface area contributed by atoms with Crippen LogP contribution in [0.5, 0.6) is 5.75 Å². The molecule has 0 unspecified atom stereocenters. The molecule has 5 heteroatoms. The third-order valence-electron chi connectivity index (χ3n) is 5.49. The predicted octanol–water partition coefficient (Wildman–Crippen LogP) is 6.89. The Balaban J connectivity index is 1.59. The van der Waals surface area contributed by atoms with Crippen LogP contribution in [0, 0.1) is 5.92 Å². The lowest BCUT2D eigenvalue weighted by molar-refractivity contribution is -0.0467. The molecule has 0 saturated heterocycles. The highest BCUT2D eigenvalue weighted by Gasteiger charge is 2.42. The average Bonchev–Trinajstić information content (AvgIpc) is 3.12. The summed E-state index contributed by atoms with van der Waals surface area (Å²) in [6.45, 7) is 4.37. The second-order valence-electron chi connectivity index (χ2n) is 7.77. The van der Waals surface area contributed by atoms with Crippen LogP contribution in [0.3, 0.4) is 0 Å². The molecule has 0 amide bonds. The zero-order valence-corrected chi connectivity index (χ0v) is 18.9. The number of halogens is 2. The summed E-state index contributed by atoms with van der Waals surface area (Å²) in [6.07, 6.45) is 0.800. The van der Waals surface area contributed by atoms with Gasteiger partial charge in [-0.1, -0.05) is 66.2 Å². The SMILES string of the molecule is CC(C)[C@H]1Oc2c(Br)cc(Br)cc2[C@@H]2CC(c3ccc4ccccc4c3)=NN12. The third-order valence-corrected chi connectivity index (χ3v) is 6.54. The minimum absolute atomic E-state index is 0.0760. The fraction of sp³-hybridized carbons (Fsp3) is 0.261. The first kappa shape index (κ1) is 18.2. The molecule has 3 aromatic carbocycles. The van der Waals surface area contributed by atoms with Crippen LogP contribution in [0.15, 0.2) is 68.6 Å². The molecule has 0 aliphatic carbocycles. The van der Waals surface area contributed by atoms with E-state index >= 15 is 0 Å². The number of hydrogen-bond acceptors (Lipinski definition) is 3. The van der Waals surface area contributed by atoms with Crippen molar-refractivity contribution in [3.63, 3.8) is 0 Å². The minimum atomic E-state index is -0.0760. The molecule has 2 aliphatic rings. The van der Waals surface area contributed by atoms with Crippen molar-refractivity contribution >= 4 is 48.3 Å². The molecule has 0 spiro atoms. The van der Waals surface area contributed by atoms with Crippen molar-refractivity contribution in [1.82, 2.24) is 5.01 Å². The van der Waals surface area contributed by atoms with Crippen molar-refractivity contribution in [2.45, 2.75) is 32.5 Å². The molecular formula is C23H20Br2N2O. The van der Waals surface area contributed by atoms with E-state index in [2.05, 4.69) is 99.2 Å². The molecule has 0 N–H and O–H groups in total. The molecule has 3 aromatic rings. The lowest BCUT2D eigenvalue weighted by Gasteiger charge is -2.40. The van der Waals surface area contributed by atoms with Gasteiger partial charge in [-0.05, 0) is 50.5 Å². The Bertz CT molecular complexity index is 1110. The molecule has 0 aromatic heterocycles. The van der Waals surface area contributed by atoms with Crippen LogP contribution >= 0.6 is 31.9 Å². The molecule has 3 nitrogen and oxygen atoms in total. The molecule has 5 rings (SSSR count). The summed E-state index contributed by atoms with van der Waals surface area (Å²) in [5.41, 5.74) is 3.48. The minimum Gasteiger partial charge on any atom is -0.467 e. The van der Waals surface area contributed by atoms with E-state index in [1.54, 1.807) is 0 Å². The Kier molecular flexibility index (Phi) is 4.48. The second kappa shape index (κ2) is 6.89. The molecule has 0 radical (unpaired) electrons. The molecule has 142 valence electrons. The van der Waals surface area contributed by atoms with Crippen molar-refractivity contribution in [3.05, 3.63) is 74.7 Å². The number of nitrogens with zero attached hydrogens (tertiary/aromatic N) is 2. The van der Waals surface area contributed by atoms with Gasteiger partial charge in [-0.2, -0.15) is 5.10 Å². The molecule has 0 bridgehead atoms. The highest BCUT2D eigenvalue weighted by atomic mass is 79.9. The van der Waals surface area contributed by atoms with E-state index < -0.39 is 0 Å². The van der Waals surface area contributed by atoms with Gasteiger partial charge in [0.25, 0.3) is 0 Å². The van der Waals surface area contributed by atoms with Crippen molar-refractivity contribution in [1.29, 1.82) is 0 Å². The first-order valence-corrected chi connectivity index (χ1v) is 11.1. The molecule has 0 fully saturated rings. The fourth-order valence-electron chi connectivity index (χ4n) is 4.13. The zero-order chi connectivity index (χ0) is 19.4. The molecule has 0 saturated carbocycles. The number of hydrogen-bond donors (Lipinski definition) is 0. The van der Waals surface area contributed by atoms with E-state index in [1.165, 1.54) is 21.9 Å². The van der Waals surface area contributed by atoms with Crippen molar-refractivity contribution < 1.29 is 4.74 Å². The Morgan fingerprint density at radius 1 is 1.04 bits per heavy atom. The van der Waals surface area contributed by atoms with Gasteiger partial charge >= 0.3 is 0 Å². The van der Waals surface area contributed by atoms with Crippen LogP contribution in [-0.4, -0.2) is 16.9 Å². The Morgan fingerprint density at radius 2 is 1.82 bits per heavy atom. The Hall–Kier alpha value is -1.85. The average molecular weight is 500 g/mol. The van der Waals surface area contributed by atoms with Crippen LogP contribution < -0.4 is 4.74 Å².